The summed E-state index contributed by atoms with van der Waals surface area (Å²) in [5.41, 5.74) is -0.0524. The van der Waals surface area contributed by atoms with Crippen LogP contribution < -0.4 is 5.32 Å². The molecule has 0 fully saturated rings. The zero-order valence-electron chi connectivity index (χ0n) is 11.0. The third-order valence-corrected chi connectivity index (χ3v) is 3.32. The van der Waals surface area contributed by atoms with Crippen LogP contribution in [0.25, 0.3) is 0 Å². The Bertz CT molecular complexity index is 358. The van der Waals surface area contributed by atoms with Crippen LogP contribution in [0.5, 0.6) is 0 Å². The maximum absolute atomic E-state index is 13.5. The number of hydrogen-bond donors (Lipinski definition) is 3. The molecule has 4 heteroatoms. The lowest BCUT2D eigenvalue weighted by Crippen LogP contribution is -2.55. The van der Waals surface area contributed by atoms with Crippen molar-refractivity contribution in [1.82, 2.24) is 5.32 Å². The van der Waals surface area contributed by atoms with E-state index in [0.717, 1.165) is 0 Å². The number of rotatable bonds is 7. The van der Waals surface area contributed by atoms with E-state index < -0.39 is 5.54 Å². The lowest BCUT2D eigenvalue weighted by molar-refractivity contribution is 0.0792. The van der Waals surface area contributed by atoms with Gasteiger partial charge in [-0.3, -0.25) is 0 Å². The average Bonchev–Trinajstić information content (AvgIpc) is 2.39. The minimum atomic E-state index is -0.690. The van der Waals surface area contributed by atoms with E-state index >= 15 is 0 Å². The van der Waals surface area contributed by atoms with Gasteiger partial charge in [0.2, 0.25) is 0 Å². The molecule has 1 aromatic rings. The standard InChI is InChI=1S/C14H22FNO2/c1-3-14(9-17,10-18)16-11(2)8-12-6-4-5-7-13(12)15/h4-7,11,16-18H,3,8-10H2,1-2H3. The van der Waals surface area contributed by atoms with E-state index in [0.29, 0.717) is 18.4 Å². The Morgan fingerprint density at radius 3 is 2.39 bits per heavy atom. The van der Waals surface area contributed by atoms with E-state index in [4.69, 9.17) is 0 Å². The highest BCUT2D eigenvalue weighted by atomic mass is 19.1. The van der Waals surface area contributed by atoms with Gasteiger partial charge >= 0.3 is 0 Å². The second-order valence-corrected chi connectivity index (χ2v) is 4.79. The van der Waals surface area contributed by atoms with Crippen LogP contribution in [0.3, 0.4) is 0 Å². The summed E-state index contributed by atoms with van der Waals surface area (Å²) in [5, 5.41) is 21.9. The quantitative estimate of drug-likeness (QED) is 0.692. The lowest BCUT2D eigenvalue weighted by atomic mass is 9.95. The predicted octanol–water partition coefficient (Wildman–Crippen LogP) is 1.48. The molecule has 1 atom stereocenters. The van der Waals surface area contributed by atoms with Gasteiger partial charge < -0.3 is 15.5 Å². The topological polar surface area (TPSA) is 52.5 Å². The molecule has 0 saturated heterocycles. The summed E-state index contributed by atoms with van der Waals surface area (Å²) in [6.45, 7) is 3.54. The van der Waals surface area contributed by atoms with Crippen molar-refractivity contribution in [2.75, 3.05) is 13.2 Å². The van der Waals surface area contributed by atoms with Crippen LogP contribution >= 0.6 is 0 Å². The van der Waals surface area contributed by atoms with Crippen LogP contribution in [0.15, 0.2) is 24.3 Å². The van der Waals surface area contributed by atoms with Gasteiger partial charge in [-0.2, -0.15) is 0 Å². The van der Waals surface area contributed by atoms with Crippen molar-refractivity contribution in [2.24, 2.45) is 0 Å². The smallest absolute Gasteiger partial charge is 0.126 e. The molecule has 0 saturated carbocycles. The molecule has 0 aromatic heterocycles. The van der Waals surface area contributed by atoms with Crippen molar-refractivity contribution >= 4 is 0 Å². The first kappa shape index (κ1) is 15.1. The van der Waals surface area contributed by atoms with Gasteiger partial charge in [-0.05, 0) is 31.4 Å². The molecular formula is C14H22FNO2. The first-order valence-corrected chi connectivity index (χ1v) is 6.29. The van der Waals surface area contributed by atoms with E-state index in [1.165, 1.54) is 6.07 Å². The molecule has 0 aliphatic heterocycles. The van der Waals surface area contributed by atoms with Gasteiger partial charge in [0.15, 0.2) is 0 Å². The summed E-state index contributed by atoms with van der Waals surface area (Å²) < 4.78 is 13.5. The van der Waals surface area contributed by atoms with Crippen molar-refractivity contribution in [3.05, 3.63) is 35.6 Å². The summed E-state index contributed by atoms with van der Waals surface area (Å²) in [6, 6.07) is 6.62. The Balaban J connectivity index is 2.66. The molecule has 102 valence electrons. The number of aliphatic hydroxyl groups excluding tert-OH is 2. The molecule has 0 heterocycles. The SMILES string of the molecule is CCC(CO)(CO)NC(C)Cc1ccccc1F. The molecule has 0 bridgehead atoms. The molecule has 3 nitrogen and oxygen atoms in total. The minimum absolute atomic E-state index is 0.0267. The van der Waals surface area contributed by atoms with Gasteiger partial charge in [-0.1, -0.05) is 25.1 Å². The second-order valence-electron chi connectivity index (χ2n) is 4.79. The molecule has 3 N–H and O–H groups in total. The Kier molecular flexibility index (Phi) is 5.72. The van der Waals surface area contributed by atoms with Crippen LogP contribution in [-0.2, 0) is 6.42 Å². The second kappa shape index (κ2) is 6.83. The van der Waals surface area contributed by atoms with E-state index in [9.17, 15) is 14.6 Å². The molecule has 0 amide bonds. The summed E-state index contributed by atoms with van der Waals surface area (Å²) in [6.07, 6.45) is 1.13. The minimum Gasteiger partial charge on any atom is -0.394 e. The number of nitrogens with one attached hydrogen (secondary N) is 1. The molecule has 0 spiro atoms. The fraction of sp³-hybridized carbons (Fsp3) is 0.571. The van der Waals surface area contributed by atoms with Crippen LogP contribution in [-0.4, -0.2) is 35.0 Å². The van der Waals surface area contributed by atoms with Gasteiger partial charge in [0.1, 0.15) is 5.82 Å². The first-order chi connectivity index (χ1) is 8.56. The molecule has 1 unspecified atom stereocenters. The van der Waals surface area contributed by atoms with Crippen LogP contribution in [0.4, 0.5) is 4.39 Å². The van der Waals surface area contributed by atoms with Crippen LogP contribution in [0.1, 0.15) is 25.8 Å². The van der Waals surface area contributed by atoms with Crippen LogP contribution in [0, 0.1) is 5.82 Å². The van der Waals surface area contributed by atoms with Crippen molar-refractivity contribution in [3.63, 3.8) is 0 Å². The first-order valence-electron chi connectivity index (χ1n) is 6.29. The van der Waals surface area contributed by atoms with E-state index in [-0.39, 0.29) is 25.1 Å². The maximum Gasteiger partial charge on any atom is 0.126 e. The van der Waals surface area contributed by atoms with Crippen molar-refractivity contribution in [3.8, 4) is 0 Å². The summed E-state index contributed by atoms with van der Waals surface area (Å²) >= 11 is 0. The monoisotopic (exact) mass is 255 g/mol. The Morgan fingerprint density at radius 2 is 1.89 bits per heavy atom. The highest BCUT2D eigenvalue weighted by Gasteiger charge is 2.28. The molecule has 0 aliphatic carbocycles. The van der Waals surface area contributed by atoms with Gasteiger partial charge in [-0.15, -0.1) is 0 Å². The van der Waals surface area contributed by atoms with Crippen molar-refractivity contribution < 1.29 is 14.6 Å². The zero-order chi connectivity index (χ0) is 13.6. The molecule has 0 aliphatic rings. The van der Waals surface area contributed by atoms with Gasteiger partial charge in [-0.25, -0.2) is 4.39 Å². The molecule has 0 radical (unpaired) electrons. The molecule has 1 aromatic carbocycles. The van der Waals surface area contributed by atoms with E-state index in [2.05, 4.69) is 5.32 Å². The molecule has 18 heavy (non-hydrogen) atoms. The summed E-state index contributed by atoms with van der Waals surface area (Å²) in [4.78, 5) is 0. The number of aliphatic hydroxyl groups is 2. The lowest BCUT2D eigenvalue weighted by Gasteiger charge is -2.33. The Labute approximate surface area is 108 Å². The van der Waals surface area contributed by atoms with Gasteiger partial charge in [0.05, 0.1) is 18.8 Å². The fourth-order valence-corrected chi connectivity index (χ4v) is 2.03. The molecule has 1 rings (SSSR count). The molecular weight excluding hydrogens is 233 g/mol. The summed E-state index contributed by atoms with van der Waals surface area (Å²) in [5.74, 6) is -0.221. The number of hydrogen-bond acceptors (Lipinski definition) is 3. The van der Waals surface area contributed by atoms with Crippen molar-refractivity contribution in [1.29, 1.82) is 0 Å². The average molecular weight is 255 g/mol. The Hall–Kier alpha value is -0.970. The predicted molar refractivity (Wildman–Crippen MR) is 69.9 cm³/mol. The number of halogens is 1. The largest absolute Gasteiger partial charge is 0.394 e. The highest BCUT2D eigenvalue weighted by molar-refractivity contribution is 5.18. The highest BCUT2D eigenvalue weighted by Crippen LogP contribution is 2.13. The third-order valence-electron chi connectivity index (χ3n) is 3.32. The normalized spacial score (nSPS) is 13.6. The number of benzene rings is 1. The Morgan fingerprint density at radius 1 is 1.28 bits per heavy atom. The fourth-order valence-electron chi connectivity index (χ4n) is 2.03. The van der Waals surface area contributed by atoms with Gasteiger partial charge in [0.25, 0.3) is 0 Å². The van der Waals surface area contributed by atoms with Crippen molar-refractivity contribution in [2.45, 2.75) is 38.3 Å². The zero-order valence-corrected chi connectivity index (χ0v) is 11.0. The van der Waals surface area contributed by atoms with Gasteiger partial charge in [0, 0.05) is 6.04 Å². The van der Waals surface area contributed by atoms with E-state index in [1.807, 2.05) is 13.8 Å². The summed E-state index contributed by atoms with van der Waals surface area (Å²) in [7, 11) is 0. The van der Waals surface area contributed by atoms with Crippen LogP contribution in [0.2, 0.25) is 0 Å². The van der Waals surface area contributed by atoms with E-state index in [1.54, 1.807) is 18.2 Å². The maximum atomic E-state index is 13.5. The third kappa shape index (κ3) is 3.77.